The highest BCUT2D eigenvalue weighted by Crippen LogP contribution is 2.25. The zero-order valence-corrected chi connectivity index (χ0v) is 16.9. The first-order chi connectivity index (χ1) is 13.8. The molecule has 0 aliphatic carbocycles. The largest absolute Gasteiger partial charge is 0.372 e. The van der Waals surface area contributed by atoms with Crippen LogP contribution in [-0.4, -0.2) is 43.1 Å². The molecule has 1 saturated heterocycles. The third kappa shape index (κ3) is 4.80. The van der Waals surface area contributed by atoms with Crippen molar-refractivity contribution in [2.24, 2.45) is 5.92 Å². The Balaban J connectivity index is 1.67. The average molecular weight is 417 g/mol. The van der Waals surface area contributed by atoms with Crippen LogP contribution in [0.15, 0.2) is 53.4 Å². The lowest BCUT2D eigenvalue weighted by molar-refractivity contribution is -0.383. The Morgan fingerprint density at radius 2 is 1.76 bits per heavy atom. The van der Waals surface area contributed by atoms with E-state index in [1.54, 1.807) is 12.1 Å². The molecular formula is C20H23N3O5S. The number of nitrogens with one attached hydrogen (secondary N) is 1. The molecule has 1 fully saturated rings. The number of hydrogen-bond acceptors (Lipinski definition) is 6. The summed E-state index contributed by atoms with van der Waals surface area (Å²) in [4.78, 5) is 23.1. The Hall–Kier alpha value is -2.78. The number of nitro groups is 1. The lowest BCUT2D eigenvalue weighted by atomic mass is 10.0. The van der Waals surface area contributed by atoms with Crippen molar-refractivity contribution in [2.45, 2.75) is 24.7 Å². The molecule has 1 heterocycles. The van der Waals surface area contributed by atoms with E-state index < -0.39 is 14.9 Å². The maximum Gasteiger partial charge on any atom is 0.292 e. The van der Waals surface area contributed by atoms with Crippen molar-refractivity contribution in [3.05, 3.63) is 64.2 Å². The highest BCUT2D eigenvalue weighted by molar-refractivity contribution is 7.89. The second-order valence-corrected chi connectivity index (χ2v) is 9.10. The van der Waals surface area contributed by atoms with Crippen molar-refractivity contribution in [1.82, 2.24) is 4.31 Å². The number of piperidine rings is 1. The number of rotatable bonds is 7. The number of ketones is 1. The average Bonchev–Trinajstić information content (AvgIpc) is 2.72. The maximum atomic E-state index is 12.8. The second kappa shape index (κ2) is 8.71. The van der Waals surface area contributed by atoms with E-state index in [-0.39, 0.29) is 28.6 Å². The lowest BCUT2D eigenvalue weighted by Gasteiger charge is -2.29. The van der Waals surface area contributed by atoms with Crippen molar-refractivity contribution in [2.75, 3.05) is 25.0 Å². The number of carbonyl (C=O) groups is 1. The van der Waals surface area contributed by atoms with E-state index >= 15 is 0 Å². The van der Waals surface area contributed by atoms with Gasteiger partial charge in [-0.05, 0) is 49.1 Å². The number of anilines is 1. The summed E-state index contributed by atoms with van der Waals surface area (Å²) in [6.45, 7) is 2.98. The number of benzene rings is 2. The standard InChI is InChI=1S/C20H23N3O5S/c1-15-10-12-22(13-11-15)29(27,28)17-8-6-16(7-9-17)20(24)14-21-18-4-2-3-5-19(18)23(25)26/h2-9,15,21H,10-14H2,1H3. The zero-order valence-electron chi connectivity index (χ0n) is 16.1. The molecule has 29 heavy (non-hydrogen) atoms. The summed E-state index contributed by atoms with van der Waals surface area (Å²) in [6.07, 6.45) is 1.68. The van der Waals surface area contributed by atoms with Crippen LogP contribution in [0.1, 0.15) is 30.1 Å². The molecule has 0 unspecified atom stereocenters. The Kier molecular flexibility index (Phi) is 6.29. The van der Waals surface area contributed by atoms with Gasteiger partial charge in [0.1, 0.15) is 5.69 Å². The van der Waals surface area contributed by atoms with Gasteiger partial charge in [-0.3, -0.25) is 14.9 Å². The Morgan fingerprint density at radius 3 is 2.38 bits per heavy atom. The fourth-order valence-electron chi connectivity index (χ4n) is 3.25. The first-order valence-electron chi connectivity index (χ1n) is 9.40. The number of nitro benzene ring substituents is 1. The van der Waals surface area contributed by atoms with Gasteiger partial charge in [-0.1, -0.05) is 19.1 Å². The molecule has 9 heteroatoms. The molecule has 0 radical (unpaired) electrons. The fourth-order valence-corrected chi connectivity index (χ4v) is 4.72. The normalized spacial score (nSPS) is 15.8. The van der Waals surface area contributed by atoms with Crippen LogP contribution in [0.5, 0.6) is 0 Å². The maximum absolute atomic E-state index is 12.8. The quantitative estimate of drug-likeness (QED) is 0.420. The van der Waals surface area contributed by atoms with Crippen molar-refractivity contribution in [3.63, 3.8) is 0 Å². The van der Waals surface area contributed by atoms with Gasteiger partial charge in [0.05, 0.1) is 16.4 Å². The minimum absolute atomic E-state index is 0.113. The minimum Gasteiger partial charge on any atom is -0.372 e. The van der Waals surface area contributed by atoms with Crippen molar-refractivity contribution >= 4 is 27.2 Å². The summed E-state index contributed by atoms with van der Waals surface area (Å²) >= 11 is 0. The molecule has 0 aromatic heterocycles. The molecular weight excluding hydrogens is 394 g/mol. The number of hydrogen-bond donors (Lipinski definition) is 1. The summed E-state index contributed by atoms with van der Waals surface area (Å²) < 4.78 is 27.0. The van der Waals surface area contributed by atoms with Crippen molar-refractivity contribution in [3.8, 4) is 0 Å². The van der Waals surface area contributed by atoms with E-state index in [1.807, 2.05) is 0 Å². The van der Waals surface area contributed by atoms with Gasteiger partial charge in [0, 0.05) is 24.7 Å². The van der Waals surface area contributed by atoms with Crippen molar-refractivity contribution < 1.29 is 18.1 Å². The van der Waals surface area contributed by atoms with Crippen LogP contribution < -0.4 is 5.32 Å². The van der Waals surface area contributed by atoms with E-state index in [9.17, 15) is 23.3 Å². The van der Waals surface area contributed by atoms with E-state index in [0.29, 0.717) is 24.6 Å². The number of para-hydroxylation sites is 2. The Labute approximate surface area is 169 Å². The van der Waals surface area contributed by atoms with E-state index in [4.69, 9.17) is 0 Å². The van der Waals surface area contributed by atoms with Gasteiger partial charge in [-0.2, -0.15) is 4.31 Å². The predicted molar refractivity (Wildman–Crippen MR) is 110 cm³/mol. The first-order valence-corrected chi connectivity index (χ1v) is 10.8. The Bertz CT molecular complexity index is 997. The lowest BCUT2D eigenvalue weighted by Crippen LogP contribution is -2.37. The molecule has 8 nitrogen and oxygen atoms in total. The predicted octanol–water partition coefficient (Wildman–Crippen LogP) is 3.31. The van der Waals surface area contributed by atoms with Gasteiger partial charge in [0.25, 0.3) is 5.69 Å². The highest BCUT2D eigenvalue weighted by atomic mass is 32.2. The molecule has 2 aromatic carbocycles. The van der Waals surface area contributed by atoms with Gasteiger partial charge in [0.15, 0.2) is 5.78 Å². The highest BCUT2D eigenvalue weighted by Gasteiger charge is 2.28. The van der Waals surface area contributed by atoms with E-state index in [1.165, 1.54) is 40.7 Å². The van der Waals surface area contributed by atoms with Crippen molar-refractivity contribution in [1.29, 1.82) is 0 Å². The minimum atomic E-state index is -3.57. The molecule has 1 aliphatic rings. The van der Waals surface area contributed by atoms with Crippen LogP contribution in [0, 0.1) is 16.0 Å². The molecule has 1 N–H and O–H groups in total. The van der Waals surface area contributed by atoms with Crippen LogP contribution in [0.25, 0.3) is 0 Å². The van der Waals surface area contributed by atoms with E-state index in [2.05, 4.69) is 12.2 Å². The third-order valence-electron chi connectivity index (χ3n) is 5.10. The number of sulfonamides is 1. The van der Waals surface area contributed by atoms with Crippen LogP contribution in [0.3, 0.4) is 0 Å². The molecule has 0 atom stereocenters. The number of carbonyl (C=O) groups excluding carboxylic acids is 1. The zero-order chi connectivity index (χ0) is 21.0. The van der Waals surface area contributed by atoms with Gasteiger partial charge < -0.3 is 5.32 Å². The molecule has 2 aromatic rings. The smallest absolute Gasteiger partial charge is 0.292 e. The summed E-state index contributed by atoms with van der Waals surface area (Å²) in [6, 6.07) is 11.9. The molecule has 0 saturated carbocycles. The van der Waals surface area contributed by atoms with Crippen LogP contribution in [0.2, 0.25) is 0 Å². The summed E-state index contributed by atoms with van der Waals surface area (Å²) in [5.41, 5.74) is 0.476. The molecule has 3 rings (SSSR count). The Morgan fingerprint density at radius 1 is 1.14 bits per heavy atom. The summed E-state index contributed by atoms with van der Waals surface area (Å²) in [7, 11) is -3.57. The number of Topliss-reactive ketones (excluding diaryl/α,β-unsaturated/α-hetero) is 1. The molecule has 1 aliphatic heterocycles. The van der Waals surface area contributed by atoms with Gasteiger partial charge in [-0.25, -0.2) is 8.42 Å². The monoisotopic (exact) mass is 417 g/mol. The van der Waals surface area contributed by atoms with Crippen LogP contribution >= 0.6 is 0 Å². The third-order valence-corrected chi connectivity index (χ3v) is 7.01. The van der Waals surface area contributed by atoms with Crippen LogP contribution in [-0.2, 0) is 10.0 Å². The van der Waals surface area contributed by atoms with E-state index in [0.717, 1.165) is 12.8 Å². The molecule has 0 bridgehead atoms. The van der Waals surface area contributed by atoms with Gasteiger partial charge in [-0.15, -0.1) is 0 Å². The first kappa shape index (κ1) is 20.9. The second-order valence-electron chi connectivity index (χ2n) is 7.16. The molecule has 0 amide bonds. The number of nitrogens with zero attached hydrogens (tertiary/aromatic N) is 2. The van der Waals surface area contributed by atoms with Gasteiger partial charge in [0.2, 0.25) is 10.0 Å². The van der Waals surface area contributed by atoms with Crippen LogP contribution in [0.4, 0.5) is 11.4 Å². The van der Waals surface area contributed by atoms with Gasteiger partial charge >= 0.3 is 0 Å². The molecule has 0 spiro atoms. The fraction of sp³-hybridized carbons (Fsp3) is 0.350. The summed E-state index contributed by atoms with van der Waals surface area (Å²) in [5, 5.41) is 13.8. The summed E-state index contributed by atoms with van der Waals surface area (Å²) in [5.74, 6) is 0.230. The SMILES string of the molecule is CC1CCN(S(=O)(=O)c2ccc(C(=O)CNc3ccccc3[N+](=O)[O-])cc2)CC1. The molecule has 154 valence electrons. The topological polar surface area (TPSA) is 110 Å².